The van der Waals surface area contributed by atoms with E-state index in [-0.39, 0.29) is 18.0 Å². The minimum atomic E-state index is -3.36. The Morgan fingerprint density at radius 1 is 1.00 bits per heavy atom. The molecule has 2 aromatic rings. The monoisotopic (exact) mass is 399 g/mol. The lowest BCUT2D eigenvalue weighted by atomic mass is 10.0. The first-order valence-electron chi connectivity index (χ1n) is 9.72. The van der Waals surface area contributed by atoms with Crippen molar-refractivity contribution in [2.75, 3.05) is 7.11 Å². The quantitative estimate of drug-likeness (QED) is 0.774. The molecule has 2 fully saturated rings. The second kappa shape index (κ2) is 7.59. The number of benzene rings is 2. The zero-order chi connectivity index (χ0) is 19.7. The Balaban J connectivity index is 1.47. The third-order valence-electron chi connectivity index (χ3n) is 6.00. The fourth-order valence-corrected chi connectivity index (χ4v) is 6.47. The molecule has 2 aliphatic heterocycles. The first-order valence-corrected chi connectivity index (χ1v) is 11.3. The van der Waals surface area contributed by atoms with Gasteiger partial charge in [-0.05, 0) is 55.5 Å². The van der Waals surface area contributed by atoms with Crippen molar-refractivity contribution >= 4 is 15.7 Å². The maximum atomic E-state index is 13.0. The second-order valence-corrected chi connectivity index (χ2v) is 9.89. The van der Waals surface area contributed by atoms with Gasteiger partial charge in [-0.15, -0.1) is 0 Å². The highest BCUT2D eigenvalue weighted by atomic mass is 32.2. The molecular weight excluding hydrogens is 374 g/mol. The molecule has 2 bridgehead atoms. The van der Waals surface area contributed by atoms with Crippen LogP contribution in [0.5, 0.6) is 5.75 Å². The molecule has 2 heterocycles. The Morgan fingerprint density at radius 3 is 2.18 bits per heavy atom. The van der Waals surface area contributed by atoms with E-state index in [1.165, 1.54) is 0 Å². The van der Waals surface area contributed by atoms with Crippen molar-refractivity contribution < 1.29 is 17.9 Å². The molecule has 28 heavy (non-hydrogen) atoms. The van der Waals surface area contributed by atoms with E-state index >= 15 is 0 Å². The summed E-state index contributed by atoms with van der Waals surface area (Å²) in [6, 6.07) is 16.2. The molecule has 3 atom stereocenters. The van der Waals surface area contributed by atoms with Crippen molar-refractivity contribution in [1.82, 2.24) is 4.90 Å². The topological polar surface area (TPSA) is 63.7 Å². The summed E-state index contributed by atoms with van der Waals surface area (Å²) in [5.74, 6) is 0.858. The Labute approximate surface area is 166 Å². The van der Waals surface area contributed by atoms with Crippen LogP contribution in [0.3, 0.4) is 0 Å². The van der Waals surface area contributed by atoms with Crippen LogP contribution >= 0.6 is 0 Å². The van der Waals surface area contributed by atoms with Gasteiger partial charge in [-0.1, -0.05) is 30.3 Å². The molecule has 6 heteroatoms. The lowest BCUT2D eigenvalue weighted by Crippen LogP contribution is -2.50. The number of nitrogens with zero attached hydrogens (tertiary/aromatic N) is 1. The van der Waals surface area contributed by atoms with Crippen LogP contribution in [-0.4, -0.2) is 43.7 Å². The van der Waals surface area contributed by atoms with E-state index in [1.54, 1.807) is 31.4 Å². The predicted molar refractivity (Wildman–Crippen MR) is 107 cm³/mol. The lowest BCUT2D eigenvalue weighted by Gasteiger charge is -2.38. The number of carbonyl (C=O) groups excluding carboxylic acids is 1. The van der Waals surface area contributed by atoms with Gasteiger partial charge < -0.3 is 9.64 Å². The number of carbonyl (C=O) groups is 1. The minimum Gasteiger partial charge on any atom is -0.497 e. The van der Waals surface area contributed by atoms with E-state index in [1.807, 2.05) is 35.2 Å². The first-order chi connectivity index (χ1) is 13.5. The summed E-state index contributed by atoms with van der Waals surface area (Å²) in [6.45, 7) is 0. The molecule has 5 nitrogen and oxygen atoms in total. The molecule has 0 aliphatic carbocycles. The van der Waals surface area contributed by atoms with E-state index < -0.39 is 15.1 Å². The molecule has 0 radical (unpaired) electrons. The molecule has 2 saturated heterocycles. The van der Waals surface area contributed by atoms with Gasteiger partial charge in [0.1, 0.15) is 5.75 Å². The third kappa shape index (κ3) is 3.53. The van der Waals surface area contributed by atoms with Gasteiger partial charge in [0.15, 0.2) is 9.84 Å². The standard InChI is InChI=1S/C22H25NO4S/c1-27-19-11-7-16(8-12-19)13-22(24)23-17-9-10-18(23)15-21(14-17)28(25,26)20-5-3-2-4-6-20/h2-8,11-12,17-18,21H,9-10,13-15H2,1H3/t17-,18+,21?. The molecule has 0 N–H and O–H groups in total. The van der Waals surface area contributed by atoms with Crippen molar-refractivity contribution in [3.05, 3.63) is 60.2 Å². The Morgan fingerprint density at radius 2 is 1.61 bits per heavy atom. The fraction of sp³-hybridized carbons (Fsp3) is 0.409. The van der Waals surface area contributed by atoms with Crippen LogP contribution in [0.25, 0.3) is 0 Å². The van der Waals surface area contributed by atoms with Crippen molar-refractivity contribution in [2.45, 2.75) is 54.3 Å². The average Bonchev–Trinajstić information content (AvgIpc) is 2.98. The third-order valence-corrected chi connectivity index (χ3v) is 8.19. The number of fused-ring (bicyclic) bond motifs is 2. The summed E-state index contributed by atoms with van der Waals surface area (Å²) in [4.78, 5) is 15.3. The Bertz CT molecular complexity index is 926. The van der Waals surface area contributed by atoms with Crippen LogP contribution in [0.2, 0.25) is 0 Å². The Hall–Kier alpha value is -2.34. The summed E-state index contributed by atoms with van der Waals surface area (Å²) >= 11 is 0. The molecule has 2 aromatic carbocycles. The van der Waals surface area contributed by atoms with E-state index in [9.17, 15) is 13.2 Å². The summed E-state index contributed by atoms with van der Waals surface area (Å²) in [7, 11) is -1.74. The van der Waals surface area contributed by atoms with Crippen LogP contribution in [0.15, 0.2) is 59.5 Å². The molecule has 148 valence electrons. The summed E-state index contributed by atoms with van der Waals surface area (Å²) in [5, 5.41) is -0.405. The van der Waals surface area contributed by atoms with E-state index in [0.717, 1.165) is 24.2 Å². The first kappa shape index (κ1) is 19.0. The van der Waals surface area contributed by atoms with Crippen LogP contribution in [-0.2, 0) is 21.1 Å². The number of piperidine rings is 1. The maximum absolute atomic E-state index is 13.0. The molecular formula is C22H25NO4S. The highest BCUT2D eigenvalue weighted by Crippen LogP contribution is 2.40. The largest absolute Gasteiger partial charge is 0.497 e. The number of ether oxygens (including phenoxy) is 1. The second-order valence-electron chi connectivity index (χ2n) is 7.66. The fourth-order valence-electron chi connectivity index (χ4n) is 4.60. The van der Waals surface area contributed by atoms with Crippen LogP contribution in [0.1, 0.15) is 31.2 Å². The molecule has 1 unspecified atom stereocenters. The zero-order valence-electron chi connectivity index (χ0n) is 16.0. The Kier molecular flexibility index (Phi) is 5.15. The number of hydrogen-bond donors (Lipinski definition) is 0. The molecule has 0 spiro atoms. The molecule has 4 rings (SSSR count). The number of hydrogen-bond acceptors (Lipinski definition) is 4. The van der Waals surface area contributed by atoms with Gasteiger partial charge in [-0.25, -0.2) is 8.42 Å². The van der Waals surface area contributed by atoms with Gasteiger partial charge >= 0.3 is 0 Å². The van der Waals surface area contributed by atoms with Gasteiger partial charge in [0.25, 0.3) is 0 Å². The van der Waals surface area contributed by atoms with Gasteiger partial charge in [-0.3, -0.25) is 4.79 Å². The summed E-state index contributed by atoms with van der Waals surface area (Å²) in [5.41, 5.74) is 0.948. The number of rotatable bonds is 5. The van der Waals surface area contributed by atoms with Crippen LogP contribution in [0.4, 0.5) is 0 Å². The molecule has 0 aromatic heterocycles. The predicted octanol–water partition coefficient (Wildman–Crippen LogP) is 3.23. The molecule has 0 saturated carbocycles. The number of sulfone groups is 1. The highest BCUT2D eigenvalue weighted by molar-refractivity contribution is 7.92. The number of methoxy groups -OCH3 is 1. The van der Waals surface area contributed by atoms with Crippen molar-refractivity contribution in [3.8, 4) is 5.75 Å². The molecule has 1 amide bonds. The van der Waals surface area contributed by atoms with Crippen LogP contribution < -0.4 is 4.74 Å². The smallest absolute Gasteiger partial charge is 0.227 e. The molecule has 2 aliphatic rings. The normalized spacial score (nSPS) is 24.2. The van der Waals surface area contributed by atoms with Crippen molar-refractivity contribution in [1.29, 1.82) is 0 Å². The van der Waals surface area contributed by atoms with Gasteiger partial charge in [0.2, 0.25) is 5.91 Å². The maximum Gasteiger partial charge on any atom is 0.227 e. The summed E-state index contributed by atoms with van der Waals surface area (Å²) in [6.07, 6.45) is 3.18. The van der Waals surface area contributed by atoms with E-state index in [0.29, 0.717) is 24.2 Å². The van der Waals surface area contributed by atoms with E-state index in [2.05, 4.69) is 0 Å². The van der Waals surface area contributed by atoms with Crippen molar-refractivity contribution in [3.63, 3.8) is 0 Å². The number of amides is 1. The van der Waals surface area contributed by atoms with Gasteiger partial charge in [0.05, 0.1) is 23.7 Å². The van der Waals surface area contributed by atoms with Crippen LogP contribution in [0, 0.1) is 0 Å². The van der Waals surface area contributed by atoms with E-state index in [4.69, 9.17) is 4.74 Å². The lowest BCUT2D eigenvalue weighted by molar-refractivity contribution is -0.134. The van der Waals surface area contributed by atoms with Gasteiger partial charge in [0, 0.05) is 12.1 Å². The SMILES string of the molecule is COc1ccc(CC(=O)N2[C@@H]3CC[C@H]2CC(S(=O)(=O)c2ccccc2)C3)cc1. The summed E-state index contributed by atoms with van der Waals surface area (Å²) < 4.78 is 31.2. The van der Waals surface area contributed by atoms with Crippen molar-refractivity contribution in [2.24, 2.45) is 0 Å². The average molecular weight is 400 g/mol. The zero-order valence-corrected chi connectivity index (χ0v) is 16.8. The van der Waals surface area contributed by atoms with Gasteiger partial charge in [-0.2, -0.15) is 0 Å². The highest BCUT2D eigenvalue weighted by Gasteiger charge is 2.46. The minimum absolute atomic E-state index is 0.0213.